The van der Waals surface area contributed by atoms with E-state index in [0.29, 0.717) is 10.6 Å². The minimum absolute atomic E-state index is 0.227. The molecule has 0 unspecified atom stereocenters. The highest BCUT2D eigenvalue weighted by molar-refractivity contribution is 7.17. The molecule has 124 valence electrons. The fourth-order valence-electron chi connectivity index (χ4n) is 2.08. The van der Waals surface area contributed by atoms with Gasteiger partial charge in [0.15, 0.2) is 0 Å². The van der Waals surface area contributed by atoms with Crippen molar-refractivity contribution < 1.29 is 14.3 Å². The number of nitrogens with one attached hydrogen (secondary N) is 1. The van der Waals surface area contributed by atoms with Gasteiger partial charge in [-0.25, -0.2) is 4.79 Å². The number of fused-ring (bicyclic) bond motifs is 1. The van der Waals surface area contributed by atoms with E-state index in [2.05, 4.69) is 5.32 Å². The first-order valence-electron chi connectivity index (χ1n) is 7.59. The van der Waals surface area contributed by atoms with Crippen LogP contribution in [0.25, 0.3) is 12.2 Å². The summed E-state index contributed by atoms with van der Waals surface area (Å²) < 4.78 is 5.16. The van der Waals surface area contributed by atoms with Gasteiger partial charge in [0, 0.05) is 17.4 Å². The highest BCUT2D eigenvalue weighted by Crippen LogP contribution is 2.36. The third-order valence-electron chi connectivity index (χ3n) is 3.03. The number of carbonyl (C=O) groups excluding carboxylic acids is 2. The topological polar surface area (TPSA) is 55.4 Å². The van der Waals surface area contributed by atoms with Crippen LogP contribution >= 0.6 is 11.3 Å². The molecular weight excluding hydrogens is 322 g/mol. The molecule has 24 heavy (non-hydrogen) atoms. The van der Waals surface area contributed by atoms with Crippen molar-refractivity contribution >= 4 is 40.4 Å². The Morgan fingerprint density at radius 1 is 1.00 bits per heavy atom. The van der Waals surface area contributed by atoms with E-state index in [-0.39, 0.29) is 12.5 Å². The lowest BCUT2D eigenvalue weighted by molar-refractivity contribution is -0.114. The Hall–Kier alpha value is -2.66. The minimum atomic E-state index is -0.441. The zero-order valence-corrected chi connectivity index (χ0v) is 14.4. The van der Waals surface area contributed by atoms with Crippen LogP contribution in [0.1, 0.15) is 34.6 Å². The second-order valence-corrected chi connectivity index (χ2v) is 5.91. The lowest BCUT2D eigenvalue weighted by Crippen LogP contribution is -2.11. The van der Waals surface area contributed by atoms with E-state index in [0.717, 1.165) is 10.4 Å². The third-order valence-corrected chi connectivity index (χ3v) is 4.12. The second kappa shape index (κ2) is 8.84. The van der Waals surface area contributed by atoms with E-state index in [9.17, 15) is 9.59 Å². The average Bonchev–Trinajstić information content (AvgIpc) is 2.84. The molecule has 0 aliphatic heterocycles. The highest BCUT2D eigenvalue weighted by atomic mass is 32.1. The summed E-state index contributed by atoms with van der Waals surface area (Å²) in [5, 5.41) is 3.23. The predicted octanol–water partition coefficient (Wildman–Crippen LogP) is 4.59. The first-order chi connectivity index (χ1) is 11.6. The van der Waals surface area contributed by atoms with Gasteiger partial charge in [-0.1, -0.05) is 54.7 Å². The largest absolute Gasteiger partial charge is 0.462 e. The maximum atomic E-state index is 12.4. The van der Waals surface area contributed by atoms with Gasteiger partial charge in [-0.15, -0.1) is 11.3 Å². The number of rotatable bonds is 3. The van der Waals surface area contributed by atoms with Crippen molar-refractivity contribution in [2.24, 2.45) is 0 Å². The van der Waals surface area contributed by atoms with Gasteiger partial charge in [0.1, 0.15) is 10.6 Å². The number of allylic oxidation sites excluding steroid dienone is 8. The number of anilines is 1. The smallest absolute Gasteiger partial charge is 0.341 e. The molecule has 0 atom stereocenters. The molecule has 0 bridgehead atoms. The van der Waals surface area contributed by atoms with Crippen molar-refractivity contribution in [3.63, 3.8) is 0 Å². The monoisotopic (exact) mass is 341 g/mol. The number of amides is 1. The van der Waals surface area contributed by atoms with Crippen LogP contribution in [-0.4, -0.2) is 18.5 Å². The molecule has 2 rings (SSSR count). The molecule has 1 aliphatic rings. The van der Waals surface area contributed by atoms with Crippen molar-refractivity contribution in [3.05, 3.63) is 64.6 Å². The van der Waals surface area contributed by atoms with Crippen LogP contribution in [0.5, 0.6) is 0 Å². The minimum Gasteiger partial charge on any atom is -0.462 e. The van der Waals surface area contributed by atoms with Crippen LogP contribution in [0.4, 0.5) is 5.00 Å². The van der Waals surface area contributed by atoms with Gasteiger partial charge >= 0.3 is 5.97 Å². The summed E-state index contributed by atoms with van der Waals surface area (Å²) in [6.07, 6.45) is 19.0. The highest BCUT2D eigenvalue weighted by Gasteiger charge is 2.23. The molecule has 0 aromatic carbocycles. The second-order valence-electron chi connectivity index (χ2n) is 4.86. The lowest BCUT2D eigenvalue weighted by atomic mass is 10.1. The molecule has 0 fully saturated rings. The van der Waals surface area contributed by atoms with Gasteiger partial charge in [0.25, 0.3) is 0 Å². The van der Waals surface area contributed by atoms with E-state index < -0.39 is 5.97 Å². The Morgan fingerprint density at radius 3 is 2.17 bits per heavy atom. The van der Waals surface area contributed by atoms with Gasteiger partial charge in [-0.2, -0.15) is 0 Å². The molecule has 1 heterocycles. The molecule has 0 saturated heterocycles. The molecule has 4 nitrogen and oxygen atoms in total. The Bertz CT molecular complexity index is 764. The number of hydrogen-bond acceptors (Lipinski definition) is 4. The molecule has 1 aromatic rings. The zero-order chi connectivity index (χ0) is 17.4. The number of ether oxygens (including phenoxy) is 1. The molecule has 0 saturated carbocycles. The zero-order valence-electron chi connectivity index (χ0n) is 13.6. The summed E-state index contributed by atoms with van der Waals surface area (Å²) in [5.74, 6) is -0.668. The van der Waals surface area contributed by atoms with E-state index in [1.165, 1.54) is 18.3 Å². The summed E-state index contributed by atoms with van der Waals surface area (Å²) in [5.41, 5.74) is 1.12. The van der Waals surface area contributed by atoms with E-state index in [1.54, 1.807) is 6.92 Å². The first-order valence-corrected chi connectivity index (χ1v) is 8.41. The normalized spacial score (nSPS) is 18.4. The van der Waals surface area contributed by atoms with Crippen molar-refractivity contribution in [2.75, 3.05) is 11.9 Å². The average molecular weight is 341 g/mol. The van der Waals surface area contributed by atoms with E-state index in [1.807, 2.05) is 60.8 Å². The van der Waals surface area contributed by atoms with Crippen LogP contribution in [-0.2, 0) is 9.53 Å². The quantitative estimate of drug-likeness (QED) is 0.818. The van der Waals surface area contributed by atoms with Crippen LogP contribution < -0.4 is 5.32 Å². The molecule has 1 N–H and O–H groups in total. The SMILES string of the molecule is CCOC(=O)c1c(NC(C)=O)sc2c1\C=C/C=C\C=C/C=C\C=C2. The Balaban J connectivity index is 2.59. The number of thiophene rings is 1. The van der Waals surface area contributed by atoms with Crippen molar-refractivity contribution in [2.45, 2.75) is 13.8 Å². The van der Waals surface area contributed by atoms with Crippen LogP contribution in [0, 0.1) is 0 Å². The molecule has 5 heteroatoms. The molecule has 0 radical (unpaired) electrons. The maximum Gasteiger partial charge on any atom is 0.341 e. The summed E-state index contributed by atoms with van der Waals surface area (Å²) in [6.45, 7) is 3.44. The number of carbonyl (C=O) groups is 2. The van der Waals surface area contributed by atoms with Crippen molar-refractivity contribution in [1.29, 1.82) is 0 Å². The summed E-state index contributed by atoms with van der Waals surface area (Å²) in [7, 11) is 0. The summed E-state index contributed by atoms with van der Waals surface area (Å²) in [4.78, 5) is 24.7. The third kappa shape index (κ3) is 4.67. The van der Waals surface area contributed by atoms with E-state index >= 15 is 0 Å². The molecule has 0 spiro atoms. The van der Waals surface area contributed by atoms with Gasteiger partial charge in [-0.3, -0.25) is 4.79 Å². The summed E-state index contributed by atoms with van der Waals surface area (Å²) >= 11 is 1.35. The fraction of sp³-hybridized carbons (Fsp3) is 0.158. The lowest BCUT2D eigenvalue weighted by Gasteiger charge is -2.05. The number of hydrogen-bond donors (Lipinski definition) is 1. The molecule has 1 aliphatic carbocycles. The van der Waals surface area contributed by atoms with Crippen molar-refractivity contribution in [1.82, 2.24) is 0 Å². The fourth-order valence-corrected chi connectivity index (χ4v) is 3.22. The van der Waals surface area contributed by atoms with Gasteiger partial charge in [-0.05, 0) is 13.0 Å². The predicted molar refractivity (Wildman–Crippen MR) is 100 cm³/mol. The Labute approximate surface area is 145 Å². The van der Waals surface area contributed by atoms with E-state index in [4.69, 9.17) is 4.74 Å². The van der Waals surface area contributed by atoms with Crippen LogP contribution in [0.2, 0.25) is 0 Å². The number of esters is 1. The molecule has 1 amide bonds. The van der Waals surface area contributed by atoms with Gasteiger partial charge in [0.2, 0.25) is 5.91 Å². The summed E-state index contributed by atoms with van der Waals surface area (Å²) in [6, 6.07) is 0. The van der Waals surface area contributed by atoms with Gasteiger partial charge < -0.3 is 10.1 Å². The van der Waals surface area contributed by atoms with Crippen LogP contribution in [0.15, 0.2) is 48.6 Å². The molecular formula is C19H19NO3S. The van der Waals surface area contributed by atoms with Crippen LogP contribution in [0.3, 0.4) is 0 Å². The standard InChI is InChI=1S/C19H19NO3S/c1-3-23-19(22)17-15-12-10-8-6-4-5-7-9-11-13-16(15)24-18(17)20-14(2)21/h4-13H,3H2,1-2H3,(H,20,21)/b5-4-,6-4?,7-5?,8-6-,9-7-,10-8?,11-9?,12-10-,13-11?,15-12?,16-13?. The van der Waals surface area contributed by atoms with Crippen molar-refractivity contribution in [3.8, 4) is 0 Å². The molecule has 1 aromatic heterocycles. The van der Waals surface area contributed by atoms with Gasteiger partial charge in [0.05, 0.1) is 6.61 Å². The Morgan fingerprint density at radius 2 is 1.58 bits per heavy atom. The maximum absolute atomic E-state index is 12.4. The Kier molecular flexibility index (Phi) is 6.51. The first kappa shape index (κ1) is 17.7.